The molecule has 88 valence electrons. The topological polar surface area (TPSA) is 16.1 Å². The molecule has 2 rings (SSSR count). The number of aryl methyl sites for hydroxylation is 1. The van der Waals surface area contributed by atoms with Gasteiger partial charge in [-0.3, -0.25) is 9.88 Å². The van der Waals surface area contributed by atoms with Gasteiger partial charge in [-0.1, -0.05) is 6.07 Å². The first kappa shape index (κ1) is 11.9. The van der Waals surface area contributed by atoms with Gasteiger partial charge in [-0.2, -0.15) is 0 Å². The highest BCUT2D eigenvalue weighted by Gasteiger charge is 2.18. The van der Waals surface area contributed by atoms with Gasteiger partial charge < -0.3 is 0 Å². The summed E-state index contributed by atoms with van der Waals surface area (Å²) >= 11 is 5.88. The number of rotatable bonds is 3. The molecular weight excluding hydrogens is 220 g/mol. The largest absolute Gasteiger partial charge is 0.297 e. The number of halogens is 1. The number of alkyl halides is 1. The van der Waals surface area contributed by atoms with Crippen molar-refractivity contribution >= 4 is 11.6 Å². The predicted molar refractivity (Wildman–Crippen MR) is 67.7 cm³/mol. The van der Waals surface area contributed by atoms with E-state index in [1.807, 2.05) is 13.0 Å². The Morgan fingerprint density at radius 3 is 2.75 bits per heavy atom. The molecule has 0 N–H and O–H groups in total. The van der Waals surface area contributed by atoms with Gasteiger partial charge in [-0.25, -0.2) is 0 Å². The summed E-state index contributed by atoms with van der Waals surface area (Å²) in [5.41, 5.74) is 2.29. The van der Waals surface area contributed by atoms with Crippen LogP contribution in [0, 0.1) is 12.8 Å². The third-order valence-corrected chi connectivity index (χ3v) is 3.69. The number of likely N-dealkylation sites (tertiary alicyclic amines) is 1. The molecule has 0 aromatic carbocycles. The van der Waals surface area contributed by atoms with Gasteiger partial charge in [0.1, 0.15) is 0 Å². The molecule has 0 spiro atoms. The second-order valence-electron chi connectivity index (χ2n) is 4.64. The van der Waals surface area contributed by atoms with E-state index in [0.717, 1.165) is 37.1 Å². The van der Waals surface area contributed by atoms with Crippen molar-refractivity contribution < 1.29 is 0 Å². The van der Waals surface area contributed by atoms with E-state index in [1.165, 1.54) is 18.5 Å². The zero-order valence-corrected chi connectivity index (χ0v) is 10.6. The summed E-state index contributed by atoms with van der Waals surface area (Å²) in [6.45, 7) is 5.35. The number of nitrogens with zero attached hydrogens (tertiary/aromatic N) is 2. The fourth-order valence-corrected chi connectivity index (χ4v) is 2.52. The molecule has 1 aliphatic heterocycles. The van der Waals surface area contributed by atoms with Crippen molar-refractivity contribution in [1.82, 2.24) is 9.88 Å². The molecule has 0 unspecified atom stereocenters. The van der Waals surface area contributed by atoms with Crippen LogP contribution in [0.5, 0.6) is 0 Å². The molecule has 0 radical (unpaired) electrons. The van der Waals surface area contributed by atoms with E-state index < -0.39 is 0 Å². The van der Waals surface area contributed by atoms with Crippen LogP contribution in [0.2, 0.25) is 0 Å². The number of hydrogen-bond acceptors (Lipinski definition) is 2. The van der Waals surface area contributed by atoms with Gasteiger partial charge in [0.2, 0.25) is 0 Å². The summed E-state index contributed by atoms with van der Waals surface area (Å²) in [4.78, 5) is 7.02. The van der Waals surface area contributed by atoms with Gasteiger partial charge in [0, 0.05) is 18.1 Å². The minimum Gasteiger partial charge on any atom is -0.297 e. The molecule has 1 aromatic rings. The maximum atomic E-state index is 5.88. The summed E-state index contributed by atoms with van der Waals surface area (Å²) in [6, 6.07) is 6.24. The maximum Gasteiger partial charge on any atom is 0.0547 e. The third-order valence-electron chi connectivity index (χ3n) is 3.26. The Kier molecular flexibility index (Phi) is 4.19. The number of hydrogen-bond donors (Lipinski definition) is 0. The van der Waals surface area contributed by atoms with Crippen molar-refractivity contribution in [1.29, 1.82) is 0 Å². The van der Waals surface area contributed by atoms with Crippen molar-refractivity contribution in [2.75, 3.05) is 19.0 Å². The lowest BCUT2D eigenvalue weighted by molar-refractivity contribution is 0.184. The first-order valence-corrected chi connectivity index (χ1v) is 6.52. The summed E-state index contributed by atoms with van der Waals surface area (Å²) in [5.74, 6) is 1.54. The highest BCUT2D eigenvalue weighted by Crippen LogP contribution is 2.19. The van der Waals surface area contributed by atoms with Gasteiger partial charge in [-0.15, -0.1) is 11.6 Å². The fraction of sp³-hybridized carbons (Fsp3) is 0.615. The third kappa shape index (κ3) is 3.19. The fourth-order valence-electron chi connectivity index (χ4n) is 2.22. The lowest BCUT2D eigenvalue weighted by atomic mass is 9.99. The first-order valence-electron chi connectivity index (χ1n) is 5.99. The second kappa shape index (κ2) is 5.65. The Balaban J connectivity index is 1.87. The van der Waals surface area contributed by atoms with Crippen LogP contribution in [0.1, 0.15) is 24.2 Å². The standard InChI is InChI=1S/C13H19ClN2/c1-11-3-2-4-13(15-11)10-16-7-5-12(9-14)6-8-16/h2-4,12H,5-10H2,1H3. The Labute approximate surface area is 103 Å². The molecule has 0 saturated carbocycles. The molecule has 2 heterocycles. The normalized spacial score (nSPS) is 18.9. The minimum absolute atomic E-state index is 0.725. The monoisotopic (exact) mass is 238 g/mol. The van der Waals surface area contributed by atoms with E-state index in [-0.39, 0.29) is 0 Å². The van der Waals surface area contributed by atoms with Gasteiger partial charge >= 0.3 is 0 Å². The van der Waals surface area contributed by atoms with Gasteiger partial charge in [-0.05, 0) is 50.9 Å². The molecule has 1 saturated heterocycles. The SMILES string of the molecule is Cc1cccc(CN2CCC(CCl)CC2)n1. The van der Waals surface area contributed by atoms with Crippen LogP contribution >= 0.6 is 11.6 Å². The van der Waals surface area contributed by atoms with Crippen LogP contribution in [-0.2, 0) is 6.54 Å². The molecule has 0 bridgehead atoms. The zero-order chi connectivity index (χ0) is 11.4. The van der Waals surface area contributed by atoms with Crippen LogP contribution in [0.15, 0.2) is 18.2 Å². The zero-order valence-electron chi connectivity index (χ0n) is 9.82. The lowest BCUT2D eigenvalue weighted by Crippen LogP contribution is -2.33. The minimum atomic E-state index is 0.725. The van der Waals surface area contributed by atoms with E-state index in [4.69, 9.17) is 11.6 Å². The van der Waals surface area contributed by atoms with Crippen LogP contribution in [0.3, 0.4) is 0 Å². The number of piperidine rings is 1. The molecule has 3 heteroatoms. The van der Waals surface area contributed by atoms with Gasteiger partial charge in [0.15, 0.2) is 0 Å². The average molecular weight is 239 g/mol. The van der Waals surface area contributed by atoms with Crippen molar-refractivity contribution in [2.24, 2.45) is 5.92 Å². The Hall–Kier alpha value is -0.600. The maximum absolute atomic E-state index is 5.88. The van der Waals surface area contributed by atoms with Crippen LogP contribution in [0.25, 0.3) is 0 Å². The quantitative estimate of drug-likeness (QED) is 0.753. The molecule has 2 nitrogen and oxygen atoms in total. The van der Waals surface area contributed by atoms with Gasteiger partial charge in [0.05, 0.1) is 5.69 Å². The Morgan fingerprint density at radius 2 is 2.12 bits per heavy atom. The average Bonchev–Trinajstić information content (AvgIpc) is 2.30. The molecular formula is C13H19ClN2. The Morgan fingerprint density at radius 1 is 1.38 bits per heavy atom. The molecule has 0 atom stereocenters. The molecule has 16 heavy (non-hydrogen) atoms. The summed E-state index contributed by atoms with van der Waals surface area (Å²) in [5, 5.41) is 0. The summed E-state index contributed by atoms with van der Waals surface area (Å²) in [7, 11) is 0. The molecule has 0 aliphatic carbocycles. The van der Waals surface area contributed by atoms with E-state index in [1.54, 1.807) is 0 Å². The van der Waals surface area contributed by atoms with E-state index in [9.17, 15) is 0 Å². The first-order chi connectivity index (χ1) is 7.78. The molecule has 1 fully saturated rings. The van der Waals surface area contributed by atoms with E-state index in [2.05, 4.69) is 22.0 Å². The van der Waals surface area contributed by atoms with Gasteiger partial charge in [0.25, 0.3) is 0 Å². The highest BCUT2D eigenvalue weighted by molar-refractivity contribution is 6.18. The molecule has 1 aromatic heterocycles. The van der Waals surface area contributed by atoms with Crippen LogP contribution in [-0.4, -0.2) is 28.9 Å². The Bertz CT molecular complexity index is 332. The van der Waals surface area contributed by atoms with Crippen LogP contribution in [0.4, 0.5) is 0 Å². The summed E-state index contributed by atoms with van der Waals surface area (Å²) in [6.07, 6.45) is 2.46. The van der Waals surface area contributed by atoms with E-state index in [0.29, 0.717) is 0 Å². The van der Waals surface area contributed by atoms with E-state index >= 15 is 0 Å². The van der Waals surface area contributed by atoms with Crippen molar-refractivity contribution in [3.8, 4) is 0 Å². The summed E-state index contributed by atoms with van der Waals surface area (Å²) < 4.78 is 0. The van der Waals surface area contributed by atoms with Crippen molar-refractivity contribution in [2.45, 2.75) is 26.3 Å². The number of aromatic nitrogens is 1. The number of pyridine rings is 1. The molecule has 0 amide bonds. The van der Waals surface area contributed by atoms with Crippen molar-refractivity contribution in [3.63, 3.8) is 0 Å². The van der Waals surface area contributed by atoms with Crippen LogP contribution < -0.4 is 0 Å². The lowest BCUT2D eigenvalue weighted by Gasteiger charge is -2.30. The van der Waals surface area contributed by atoms with Crippen molar-refractivity contribution in [3.05, 3.63) is 29.6 Å². The molecule has 1 aliphatic rings. The second-order valence-corrected chi connectivity index (χ2v) is 4.95. The predicted octanol–water partition coefficient (Wildman–Crippen LogP) is 2.84. The highest BCUT2D eigenvalue weighted by atomic mass is 35.5. The smallest absolute Gasteiger partial charge is 0.0547 e.